The molecule has 3 nitrogen and oxygen atoms in total. The first-order chi connectivity index (χ1) is 9.56. The van der Waals surface area contributed by atoms with Gasteiger partial charge in [0, 0.05) is 13.6 Å². The van der Waals surface area contributed by atoms with Gasteiger partial charge in [-0.05, 0) is 59.0 Å². The van der Waals surface area contributed by atoms with E-state index in [-0.39, 0.29) is 12.4 Å². The van der Waals surface area contributed by atoms with E-state index in [0.717, 1.165) is 8.04 Å². The van der Waals surface area contributed by atoms with Crippen LogP contribution in [0.5, 0.6) is 0 Å². The number of Topliss-reactive ketones (excluding diaryl/α,β-unsaturated/α-hetero) is 1. The van der Waals surface area contributed by atoms with E-state index < -0.39 is 5.97 Å². The monoisotopic (exact) mass is 444 g/mol. The zero-order valence-corrected chi connectivity index (χ0v) is 14.1. The summed E-state index contributed by atoms with van der Waals surface area (Å²) in [6.45, 7) is -0.254. The summed E-state index contributed by atoms with van der Waals surface area (Å²) in [4.78, 5) is 23.6. The maximum absolute atomic E-state index is 11.9. The second-order valence-corrected chi connectivity index (χ2v) is 6.17. The van der Waals surface area contributed by atoms with E-state index in [2.05, 4.69) is 38.5 Å². The third kappa shape index (κ3) is 4.14. The Bertz CT molecular complexity index is 563. The number of carbonyl (C=O) groups is 2. The summed E-state index contributed by atoms with van der Waals surface area (Å²) in [5.41, 5.74) is 0.956. The van der Waals surface area contributed by atoms with Crippen LogP contribution >= 0.6 is 38.5 Å². The van der Waals surface area contributed by atoms with Crippen LogP contribution in [0.1, 0.15) is 20.7 Å². The van der Waals surface area contributed by atoms with Crippen molar-refractivity contribution in [3.63, 3.8) is 0 Å². The Morgan fingerprint density at radius 3 is 2.10 bits per heavy atom. The highest BCUT2D eigenvalue weighted by Gasteiger charge is 2.11. The van der Waals surface area contributed by atoms with E-state index in [4.69, 9.17) is 4.74 Å². The fourth-order valence-electron chi connectivity index (χ4n) is 1.52. The zero-order valence-electron chi connectivity index (χ0n) is 10.3. The van der Waals surface area contributed by atoms with Crippen molar-refractivity contribution < 1.29 is 14.3 Å². The van der Waals surface area contributed by atoms with Crippen molar-refractivity contribution in [1.82, 2.24) is 0 Å². The molecule has 0 bridgehead atoms. The van der Waals surface area contributed by atoms with Crippen molar-refractivity contribution in [3.05, 3.63) is 67.7 Å². The zero-order chi connectivity index (χ0) is 14.5. The second-order valence-electron chi connectivity index (χ2n) is 4.01. The Kier molecular flexibility index (Phi) is 5.31. The molecule has 102 valence electrons. The summed E-state index contributed by atoms with van der Waals surface area (Å²) in [6, 6.07) is 13.9. The van der Waals surface area contributed by atoms with Gasteiger partial charge in [-0.25, -0.2) is 4.79 Å². The van der Waals surface area contributed by atoms with Crippen LogP contribution in [0.4, 0.5) is 0 Å². The largest absolute Gasteiger partial charge is 0.454 e. The Balaban J connectivity index is 1.94. The number of benzene rings is 2. The molecule has 2 aromatic carbocycles. The molecule has 0 aliphatic rings. The van der Waals surface area contributed by atoms with E-state index in [1.807, 2.05) is 12.1 Å². The Morgan fingerprint density at radius 1 is 0.950 bits per heavy atom. The first kappa shape index (κ1) is 15.2. The molecular weight excluding hydrogens is 435 g/mol. The average Bonchev–Trinajstić information content (AvgIpc) is 2.46. The number of esters is 1. The molecule has 0 aliphatic heterocycles. The van der Waals surface area contributed by atoms with E-state index in [9.17, 15) is 9.59 Å². The van der Waals surface area contributed by atoms with E-state index in [0.29, 0.717) is 11.1 Å². The van der Waals surface area contributed by atoms with Gasteiger partial charge in [-0.3, -0.25) is 4.79 Å². The smallest absolute Gasteiger partial charge is 0.338 e. The lowest BCUT2D eigenvalue weighted by atomic mass is 10.1. The molecule has 0 atom stereocenters. The number of rotatable bonds is 4. The van der Waals surface area contributed by atoms with E-state index >= 15 is 0 Å². The molecule has 0 heterocycles. The van der Waals surface area contributed by atoms with Crippen molar-refractivity contribution in [2.45, 2.75) is 0 Å². The summed E-state index contributed by atoms with van der Waals surface area (Å²) in [5.74, 6) is -0.719. The second kappa shape index (κ2) is 6.99. The van der Waals surface area contributed by atoms with Crippen LogP contribution in [0.2, 0.25) is 0 Å². The molecule has 0 unspecified atom stereocenters. The molecule has 2 aromatic rings. The summed E-state index contributed by atoms with van der Waals surface area (Å²) >= 11 is 5.45. The van der Waals surface area contributed by atoms with Crippen molar-refractivity contribution in [2.75, 3.05) is 6.61 Å². The van der Waals surface area contributed by atoms with Gasteiger partial charge in [-0.15, -0.1) is 0 Å². The van der Waals surface area contributed by atoms with Crippen LogP contribution in [-0.4, -0.2) is 18.4 Å². The summed E-state index contributed by atoms with van der Waals surface area (Å²) in [7, 11) is 0. The molecule has 0 saturated heterocycles. The highest BCUT2D eigenvalue weighted by atomic mass is 127. The molecule has 5 heteroatoms. The first-order valence-electron chi connectivity index (χ1n) is 5.78. The van der Waals surface area contributed by atoms with Crippen LogP contribution in [0.25, 0.3) is 0 Å². The van der Waals surface area contributed by atoms with Crippen LogP contribution in [0, 0.1) is 3.57 Å². The molecule has 0 fully saturated rings. The minimum atomic E-state index is -0.503. The first-order valence-corrected chi connectivity index (χ1v) is 7.65. The molecule has 20 heavy (non-hydrogen) atoms. The number of hydrogen-bond acceptors (Lipinski definition) is 3. The minimum absolute atomic E-state index is 0.216. The maximum Gasteiger partial charge on any atom is 0.338 e. The third-order valence-electron chi connectivity index (χ3n) is 2.58. The van der Waals surface area contributed by atoms with Crippen molar-refractivity contribution in [2.24, 2.45) is 0 Å². The van der Waals surface area contributed by atoms with Crippen molar-refractivity contribution in [1.29, 1.82) is 0 Å². The molecule has 0 aliphatic carbocycles. The lowest BCUT2D eigenvalue weighted by molar-refractivity contribution is 0.0475. The summed E-state index contributed by atoms with van der Waals surface area (Å²) < 4.78 is 6.93. The van der Waals surface area contributed by atoms with Gasteiger partial charge >= 0.3 is 5.97 Å². The summed E-state index contributed by atoms with van der Waals surface area (Å²) in [5, 5.41) is 0. The highest BCUT2D eigenvalue weighted by molar-refractivity contribution is 14.1. The Labute approximate surface area is 138 Å². The number of hydrogen-bond donors (Lipinski definition) is 0. The molecule has 0 radical (unpaired) electrons. The van der Waals surface area contributed by atoms with Crippen LogP contribution in [0.3, 0.4) is 0 Å². The van der Waals surface area contributed by atoms with Gasteiger partial charge in [0.05, 0.1) is 5.56 Å². The minimum Gasteiger partial charge on any atom is -0.454 e. The Hall–Kier alpha value is -1.21. The fourth-order valence-corrected chi connectivity index (χ4v) is 2.14. The molecule has 0 amide bonds. The lowest BCUT2D eigenvalue weighted by Crippen LogP contribution is -2.14. The SMILES string of the molecule is O=C(COC(=O)c1ccc(Br)cc1)c1ccc(I)cc1. The number of ether oxygens (including phenoxy) is 1. The van der Waals surface area contributed by atoms with Gasteiger partial charge in [0.15, 0.2) is 12.4 Å². The predicted molar refractivity (Wildman–Crippen MR) is 87.9 cm³/mol. The van der Waals surface area contributed by atoms with Gasteiger partial charge in [0.1, 0.15) is 0 Å². The average molecular weight is 445 g/mol. The number of carbonyl (C=O) groups excluding carboxylic acids is 2. The fraction of sp³-hybridized carbons (Fsp3) is 0.0667. The molecule has 0 aromatic heterocycles. The van der Waals surface area contributed by atoms with Gasteiger partial charge in [0.2, 0.25) is 0 Å². The molecular formula is C15H10BrIO3. The van der Waals surface area contributed by atoms with Gasteiger partial charge in [0.25, 0.3) is 0 Å². The lowest BCUT2D eigenvalue weighted by Gasteiger charge is -2.04. The molecule has 0 saturated carbocycles. The third-order valence-corrected chi connectivity index (χ3v) is 3.83. The number of ketones is 1. The maximum atomic E-state index is 11.9. The van der Waals surface area contributed by atoms with Gasteiger partial charge in [-0.2, -0.15) is 0 Å². The predicted octanol–water partition coefficient (Wildman–Crippen LogP) is 4.09. The van der Waals surface area contributed by atoms with Crippen molar-refractivity contribution >= 4 is 50.3 Å². The van der Waals surface area contributed by atoms with Crippen LogP contribution < -0.4 is 0 Å². The highest BCUT2D eigenvalue weighted by Crippen LogP contribution is 2.12. The molecule has 0 N–H and O–H groups in total. The number of halogens is 2. The quantitative estimate of drug-likeness (QED) is 0.405. The van der Waals surface area contributed by atoms with E-state index in [1.54, 1.807) is 36.4 Å². The standard InChI is InChI=1S/C15H10BrIO3/c16-12-5-1-11(2-6-12)15(19)20-9-14(18)10-3-7-13(17)8-4-10/h1-8H,9H2. The normalized spacial score (nSPS) is 10.1. The molecule has 2 rings (SSSR count). The van der Waals surface area contributed by atoms with Crippen molar-refractivity contribution in [3.8, 4) is 0 Å². The summed E-state index contributed by atoms with van der Waals surface area (Å²) in [6.07, 6.45) is 0. The van der Waals surface area contributed by atoms with Crippen LogP contribution in [0.15, 0.2) is 53.0 Å². The van der Waals surface area contributed by atoms with Gasteiger partial charge in [-0.1, -0.05) is 28.1 Å². The van der Waals surface area contributed by atoms with E-state index in [1.165, 1.54) is 0 Å². The topological polar surface area (TPSA) is 43.4 Å². The van der Waals surface area contributed by atoms with Crippen LogP contribution in [-0.2, 0) is 4.74 Å². The van der Waals surface area contributed by atoms with Gasteiger partial charge < -0.3 is 4.74 Å². The Morgan fingerprint density at radius 2 is 1.50 bits per heavy atom. The molecule has 0 spiro atoms.